The molecule has 2 aliphatic carbocycles. The summed E-state index contributed by atoms with van der Waals surface area (Å²) in [6.45, 7) is 5.95. The highest BCUT2D eigenvalue weighted by molar-refractivity contribution is 5.21. The molecule has 1 nitrogen and oxygen atoms in total. The zero-order valence-corrected chi connectivity index (χ0v) is 6.84. The van der Waals surface area contributed by atoms with E-state index in [1.165, 1.54) is 6.42 Å². The fraction of sp³-hybridized carbons (Fsp3) is 0.600. The van der Waals surface area contributed by atoms with E-state index in [1.807, 2.05) is 0 Å². The topological polar surface area (TPSA) is 20.2 Å². The number of allylic oxidation sites excluding steroid dienone is 3. The zero-order chi connectivity index (χ0) is 8.77. The lowest BCUT2D eigenvalue weighted by Crippen LogP contribution is -2.23. The van der Waals surface area contributed by atoms with E-state index < -0.39 is 0 Å². The lowest BCUT2D eigenvalue weighted by atomic mass is 9.76. The van der Waals surface area contributed by atoms with Gasteiger partial charge in [0.15, 0.2) is 0 Å². The lowest BCUT2D eigenvalue weighted by Gasteiger charge is -2.29. The molecule has 0 saturated heterocycles. The Labute approximate surface area is 68.9 Å². The minimum Gasteiger partial charge on any atom is -0.512 e. The largest absolute Gasteiger partial charge is 0.512 e. The van der Waals surface area contributed by atoms with Gasteiger partial charge in [-0.3, -0.25) is 0 Å². The second kappa shape index (κ2) is 1.90. The number of fused-ring (bicyclic) bond motifs is 2. The summed E-state index contributed by atoms with van der Waals surface area (Å²) in [5.74, 6) is 1.88. The zero-order valence-electron chi connectivity index (χ0n) is 7.84. The molecule has 0 spiro atoms. The van der Waals surface area contributed by atoms with Gasteiger partial charge in [-0.15, -0.1) is 0 Å². The van der Waals surface area contributed by atoms with Crippen molar-refractivity contribution in [2.45, 2.75) is 19.8 Å². The molecule has 0 aliphatic heterocycles. The highest BCUT2D eigenvalue weighted by atomic mass is 16.3. The van der Waals surface area contributed by atoms with Gasteiger partial charge in [0.2, 0.25) is 0 Å². The van der Waals surface area contributed by atoms with Crippen molar-refractivity contribution in [3.05, 3.63) is 24.5 Å². The molecule has 1 heteroatoms. The summed E-state index contributed by atoms with van der Waals surface area (Å²) < 4.78 is 6.86. The van der Waals surface area contributed by atoms with E-state index in [0.717, 1.165) is 6.42 Å². The van der Waals surface area contributed by atoms with E-state index >= 15 is 0 Å². The minimum absolute atomic E-state index is 0.0289. The molecule has 1 saturated carbocycles. The number of aliphatic hydroxyl groups is 1. The maximum absolute atomic E-state index is 6.86. The fourth-order valence-electron chi connectivity index (χ4n) is 2.42. The van der Waals surface area contributed by atoms with Gasteiger partial charge in [-0.2, -0.15) is 0 Å². The van der Waals surface area contributed by atoms with Crippen LogP contribution in [-0.2, 0) is 0 Å². The molecule has 1 N–H and O–H groups in total. The van der Waals surface area contributed by atoms with Crippen LogP contribution in [0.4, 0.5) is 0 Å². The molecule has 3 atom stereocenters. The van der Waals surface area contributed by atoms with Crippen molar-refractivity contribution in [3.63, 3.8) is 0 Å². The summed E-state index contributed by atoms with van der Waals surface area (Å²) in [6, 6.07) is 0. The monoisotopic (exact) mass is 151 g/mol. The predicted molar refractivity (Wildman–Crippen MR) is 45.2 cm³/mol. The van der Waals surface area contributed by atoms with Crippen molar-refractivity contribution < 1.29 is 5.11 Å². The minimum atomic E-state index is 0.0289. The van der Waals surface area contributed by atoms with Gasteiger partial charge in [0.25, 0.3) is 1.43 Å². The van der Waals surface area contributed by atoms with Gasteiger partial charge >= 0.3 is 0 Å². The van der Waals surface area contributed by atoms with Crippen LogP contribution in [0.1, 0.15) is 19.8 Å². The van der Waals surface area contributed by atoms with Crippen molar-refractivity contribution in [1.29, 1.82) is 1.43 Å². The van der Waals surface area contributed by atoms with Crippen LogP contribution in [0, 0.1) is 17.3 Å². The van der Waals surface area contributed by atoms with Gasteiger partial charge in [-0.05, 0) is 24.7 Å². The SMILES string of the molecule is [2H]OC(=C)C1(C)CC2C=CC1C2. The summed E-state index contributed by atoms with van der Waals surface area (Å²) in [7, 11) is 0. The highest BCUT2D eigenvalue weighted by Gasteiger charge is 2.46. The Morgan fingerprint density at radius 2 is 2.64 bits per heavy atom. The van der Waals surface area contributed by atoms with Crippen LogP contribution < -0.4 is 0 Å². The van der Waals surface area contributed by atoms with Crippen molar-refractivity contribution in [1.82, 2.24) is 0 Å². The molecule has 0 heterocycles. The molecule has 0 aromatic heterocycles. The number of hydrogen-bond donors (Lipinski definition) is 1. The summed E-state index contributed by atoms with van der Waals surface area (Å²) in [4.78, 5) is 0. The molecule has 3 unspecified atom stereocenters. The van der Waals surface area contributed by atoms with Crippen LogP contribution in [-0.4, -0.2) is 5.11 Å². The molecule has 60 valence electrons. The Bertz CT molecular complexity index is 246. The van der Waals surface area contributed by atoms with Crippen LogP contribution >= 0.6 is 0 Å². The van der Waals surface area contributed by atoms with Crippen LogP contribution in [0.2, 0.25) is 0 Å². The van der Waals surface area contributed by atoms with Gasteiger partial charge in [-0.1, -0.05) is 25.7 Å². The van der Waals surface area contributed by atoms with E-state index in [2.05, 4.69) is 30.8 Å². The van der Waals surface area contributed by atoms with Crippen molar-refractivity contribution in [2.24, 2.45) is 17.3 Å². The maximum atomic E-state index is 6.86. The van der Waals surface area contributed by atoms with E-state index in [9.17, 15) is 0 Å². The van der Waals surface area contributed by atoms with E-state index in [4.69, 9.17) is 1.43 Å². The smallest absolute Gasteiger partial charge is 0.293 e. The molecule has 0 aromatic carbocycles. The van der Waals surface area contributed by atoms with Crippen LogP contribution in [0.15, 0.2) is 24.5 Å². The van der Waals surface area contributed by atoms with Crippen LogP contribution in [0.25, 0.3) is 1.43 Å². The summed E-state index contributed by atoms with van der Waals surface area (Å²) in [5.41, 5.74) is 0.0289. The molecule has 1 fully saturated rings. The first-order valence-electron chi connectivity index (χ1n) is 4.58. The Morgan fingerprint density at radius 1 is 1.82 bits per heavy atom. The summed E-state index contributed by atoms with van der Waals surface area (Å²) in [6.07, 6.45) is 6.85. The first-order valence-corrected chi connectivity index (χ1v) is 4.17. The molecule has 2 rings (SSSR count). The van der Waals surface area contributed by atoms with Crippen molar-refractivity contribution >= 4 is 0 Å². The highest BCUT2D eigenvalue weighted by Crippen LogP contribution is 2.54. The third-order valence-electron chi connectivity index (χ3n) is 3.31. The molecule has 0 aromatic rings. The van der Waals surface area contributed by atoms with Crippen molar-refractivity contribution in [2.75, 3.05) is 0 Å². The molecular formula is C10H14O. The summed E-state index contributed by atoms with van der Waals surface area (Å²) in [5, 5.41) is 4.51. The number of rotatable bonds is 2. The second-order valence-corrected chi connectivity index (χ2v) is 4.03. The summed E-state index contributed by atoms with van der Waals surface area (Å²) >= 11 is 0. The Balaban J connectivity index is 2.23. The predicted octanol–water partition coefficient (Wildman–Crippen LogP) is 2.66. The maximum Gasteiger partial charge on any atom is 0.293 e. The fourth-order valence-corrected chi connectivity index (χ4v) is 2.42. The molecular weight excluding hydrogens is 136 g/mol. The van der Waals surface area contributed by atoms with E-state index in [0.29, 0.717) is 17.6 Å². The Hall–Kier alpha value is -0.720. The van der Waals surface area contributed by atoms with Crippen LogP contribution in [0.3, 0.4) is 0 Å². The number of aliphatic hydroxyl groups excluding tert-OH is 1. The normalized spacial score (nSPS) is 47.5. The van der Waals surface area contributed by atoms with E-state index in [-0.39, 0.29) is 5.41 Å². The first kappa shape index (κ1) is 5.87. The standard InChI is InChI=1S/C10H14O/c1-7(11)10(2)6-8-3-4-9(10)5-8/h3-4,8-9,11H,1,5-6H2,2H3/i/hD. The molecule has 0 amide bonds. The molecule has 2 aliphatic rings. The molecule has 11 heavy (non-hydrogen) atoms. The second-order valence-electron chi connectivity index (χ2n) is 4.03. The Morgan fingerprint density at radius 3 is 3.09 bits per heavy atom. The van der Waals surface area contributed by atoms with Crippen LogP contribution in [0.5, 0.6) is 0 Å². The average molecular weight is 151 g/mol. The average Bonchev–Trinajstić information content (AvgIpc) is 2.62. The van der Waals surface area contributed by atoms with Gasteiger partial charge in [0.05, 0.1) is 5.76 Å². The Kier molecular flexibility index (Phi) is 1.02. The third kappa shape index (κ3) is 0.770. The molecule has 2 bridgehead atoms. The third-order valence-corrected chi connectivity index (χ3v) is 3.31. The quantitative estimate of drug-likeness (QED) is 0.475. The molecule has 0 radical (unpaired) electrons. The van der Waals surface area contributed by atoms with E-state index in [1.54, 1.807) is 0 Å². The van der Waals surface area contributed by atoms with Gasteiger partial charge in [0.1, 0.15) is 0 Å². The van der Waals surface area contributed by atoms with Gasteiger partial charge in [-0.25, -0.2) is 0 Å². The van der Waals surface area contributed by atoms with Gasteiger partial charge < -0.3 is 5.11 Å². The lowest BCUT2D eigenvalue weighted by molar-refractivity contribution is 0.204. The van der Waals surface area contributed by atoms with Gasteiger partial charge in [0, 0.05) is 5.41 Å². The number of hydrogen-bond acceptors (Lipinski definition) is 1. The first-order chi connectivity index (χ1) is 5.66. The van der Waals surface area contributed by atoms with Crippen molar-refractivity contribution in [3.8, 4) is 0 Å².